The van der Waals surface area contributed by atoms with E-state index < -0.39 is 16.1 Å². The second kappa shape index (κ2) is 6.66. The maximum absolute atomic E-state index is 12.6. The molecular weight excluding hydrogens is 306 g/mol. The third kappa shape index (κ3) is 3.77. The number of carbonyl (C=O) groups excluding carboxylic acids is 1. The first-order valence-electron chi connectivity index (χ1n) is 7.37. The van der Waals surface area contributed by atoms with Crippen LogP contribution in [0.25, 0.3) is 0 Å². The number of nitrogens with zero attached hydrogens (tertiary/aromatic N) is 4. The lowest BCUT2D eigenvalue weighted by molar-refractivity contribution is 0.210. The van der Waals surface area contributed by atoms with E-state index in [4.69, 9.17) is 5.73 Å². The molecule has 124 valence electrons. The summed E-state index contributed by atoms with van der Waals surface area (Å²) in [7, 11) is -3.63. The zero-order chi connectivity index (χ0) is 16.3. The number of imidazole rings is 1. The lowest BCUT2D eigenvalue weighted by atomic mass is 10.2. The van der Waals surface area contributed by atoms with Crippen molar-refractivity contribution in [3.05, 3.63) is 12.5 Å². The summed E-state index contributed by atoms with van der Waals surface area (Å²) in [6.45, 7) is 6.22. The van der Waals surface area contributed by atoms with Gasteiger partial charge in [-0.25, -0.2) is 18.2 Å². The summed E-state index contributed by atoms with van der Waals surface area (Å²) in [5.41, 5.74) is 5.26. The zero-order valence-electron chi connectivity index (χ0n) is 13.0. The summed E-state index contributed by atoms with van der Waals surface area (Å²) in [5.74, 6) is 0.409. The number of hydrogen-bond donors (Lipinski definition) is 1. The SMILES string of the molecule is CC(C)Cn1cnc(S(=O)(=O)N2CCCN(C(N)=O)CC2)c1. The molecular formula is C13H23N5O3S. The van der Waals surface area contributed by atoms with Crippen LogP contribution in [-0.2, 0) is 16.6 Å². The molecule has 0 aromatic carbocycles. The number of rotatable bonds is 4. The monoisotopic (exact) mass is 329 g/mol. The zero-order valence-corrected chi connectivity index (χ0v) is 13.8. The molecule has 1 aromatic rings. The Labute approximate surface area is 130 Å². The Morgan fingerprint density at radius 2 is 2.05 bits per heavy atom. The molecule has 1 saturated heterocycles. The molecule has 2 N–H and O–H groups in total. The molecule has 0 aliphatic carbocycles. The Morgan fingerprint density at radius 3 is 2.68 bits per heavy atom. The van der Waals surface area contributed by atoms with E-state index in [0.29, 0.717) is 32.0 Å². The van der Waals surface area contributed by atoms with E-state index in [-0.39, 0.29) is 11.6 Å². The van der Waals surface area contributed by atoms with Crippen LogP contribution in [0.2, 0.25) is 0 Å². The van der Waals surface area contributed by atoms with Crippen molar-refractivity contribution >= 4 is 16.1 Å². The molecule has 2 heterocycles. The third-order valence-electron chi connectivity index (χ3n) is 3.56. The lowest BCUT2D eigenvalue weighted by Crippen LogP contribution is -2.39. The number of aromatic nitrogens is 2. The number of amides is 2. The van der Waals surface area contributed by atoms with Gasteiger partial charge in [0.1, 0.15) is 0 Å². The molecule has 0 atom stereocenters. The van der Waals surface area contributed by atoms with Crippen LogP contribution < -0.4 is 5.73 Å². The number of primary amides is 1. The van der Waals surface area contributed by atoms with Crippen molar-refractivity contribution in [3.8, 4) is 0 Å². The van der Waals surface area contributed by atoms with Crippen molar-refractivity contribution in [1.82, 2.24) is 18.8 Å². The average molecular weight is 329 g/mol. The number of carbonyl (C=O) groups is 1. The Kier molecular flexibility index (Phi) is 5.07. The molecule has 0 unspecified atom stereocenters. The third-order valence-corrected chi connectivity index (χ3v) is 5.34. The topological polar surface area (TPSA) is 102 Å². The van der Waals surface area contributed by atoms with Gasteiger partial charge in [0, 0.05) is 38.9 Å². The molecule has 8 nitrogen and oxygen atoms in total. The highest BCUT2D eigenvalue weighted by Gasteiger charge is 2.29. The first-order chi connectivity index (χ1) is 10.3. The molecule has 0 bridgehead atoms. The van der Waals surface area contributed by atoms with Crippen molar-refractivity contribution in [2.24, 2.45) is 11.7 Å². The molecule has 1 aliphatic heterocycles. The second-order valence-corrected chi connectivity index (χ2v) is 7.77. The highest BCUT2D eigenvalue weighted by molar-refractivity contribution is 7.89. The molecule has 1 aliphatic rings. The minimum Gasteiger partial charge on any atom is -0.351 e. The molecule has 1 aromatic heterocycles. The van der Waals surface area contributed by atoms with Gasteiger partial charge in [-0.05, 0) is 12.3 Å². The Morgan fingerprint density at radius 1 is 1.32 bits per heavy atom. The van der Waals surface area contributed by atoms with Gasteiger partial charge in [0.2, 0.25) is 0 Å². The highest BCUT2D eigenvalue weighted by atomic mass is 32.2. The van der Waals surface area contributed by atoms with Gasteiger partial charge in [-0.15, -0.1) is 0 Å². The fraction of sp³-hybridized carbons (Fsp3) is 0.692. The van der Waals surface area contributed by atoms with E-state index >= 15 is 0 Å². The fourth-order valence-corrected chi connectivity index (χ4v) is 3.89. The van der Waals surface area contributed by atoms with Crippen LogP contribution in [-0.4, -0.2) is 59.4 Å². The standard InChI is InChI=1S/C13H23N5O3S/c1-11(2)8-16-9-12(15-10-16)22(20,21)18-5-3-4-17(6-7-18)13(14)19/h9-11H,3-8H2,1-2H3,(H2,14,19). The van der Waals surface area contributed by atoms with Gasteiger partial charge in [-0.1, -0.05) is 13.8 Å². The molecule has 0 radical (unpaired) electrons. The van der Waals surface area contributed by atoms with E-state index in [2.05, 4.69) is 18.8 Å². The molecule has 1 fully saturated rings. The fourth-order valence-electron chi connectivity index (χ4n) is 2.48. The summed E-state index contributed by atoms with van der Waals surface area (Å²) < 4.78 is 28.4. The van der Waals surface area contributed by atoms with Crippen LogP contribution in [0.5, 0.6) is 0 Å². The number of hydrogen-bond acceptors (Lipinski definition) is 4. The molecule has 22 heavy (non-hydrogen) atoms. The van der Waals surface area contributed by atoms with Gasteiger partial charge in [-0.3, -0.25) is 0 Å². The summed E-state index contributed by atoms with van der Waals surface area (Å²) >= 11 is 0. The van der Waals surface area contributed by atoms with Crippen LogP contribution in [0.1, 0.15) is 20.3 Å². The first-order valence-corrected chi connectivity index (χ1v) is 8.81. The van der Waals surface area contributed by atoms with Crippen molar-refractivity contribution in [2.45, 2.75) is 31.8 Å². The van der Waals surface area contributed by atoms with E-state index in [1.54, 1.807) is 17.1 Å². The highest BCUT2D eigenvalue weighted by Crippen LogP contribution is 2.16. The largest absolute Gasteiger partial charge is 0.351 e. The molecule has 2 amide bonds. The summed E-state index contributed by atoms with van der Waals surface area (Å²) in [6.07, 6.45) is 3.67. The van der Waals surface area contributed by atoms with Crippen molar-refractivity contribution in [1.29, 1.82) is 0 Å². The summed E-state index contributed by atoms with van der Waals surface area (Å²) in [5, 5.41) is 0.0562. The predicted octanol–water partition coefficient (Wildman–Crippen LogP) is 0.314. The van der Waals surface area contributed by atoms with E-state index in [1.165, 1.54) is 9.21 Å². The average Bonchev–Trinajstić information content (AvgIpc) is 2.74. The van der Waals surface area contributed by atoms with Gasteiger partial charge in [0.15, 0.2) is 5.03 Å². The quantitative estimate of drug-likeness (QED) is 0.859. The first kappa shape index (κ1) is 16.8. The Hall–Kier alpha value is -1.61. The number of urea groups is 1. The number of sulfonamides is 1. The molecule has 0 saturated carbocycles. The smallest absolute Gasteiger partial charge is 0.314 e. The molecule has 0 spiro atoms. The molecule has 9 heteroatoms. The minimum atomic E-state index is -3.63. The summed E-state index contributed by atoms with van der Waals surface area (Å²) in [4.78, 5) is 16.7. The second-order valence-electron chi connectivity index (χ2n) is 5.89. The minimum absolute atomic E-state index is 0.0562. The van der Waals surface area contributed by atoms with Gasteiger partial charge >= 0.3 is 6.03 Å². The lowest BCUT2D eigenvalue weighted by Gasteiger charge is -2.19. The van der Waals surface area contributed by atoms with Gasteiger partial charge in [0.25, 0.3) is 10.0 Å². The van der Waals surface area contributed by atoms with Crippen LogP contribution in [0.15, 0.2) is 17.6 Å². The normalized spacial score (nSPS) is 17.7. The number of nitrogens with two attached hydrogens (primary N) is 1. The maximum Gasteiger partial charge on any atom is 0.314 e. The van der Waals surface area contributed by atoms with Crippen LogP contribution >= 0.6 is 0 Å². The van der Waals surface area contributed by atoms with Crippen molar-refractivity contribution in [3.63, 3.8) is 0 Å². The van der Waals surface area contributed by atoms with E-state index in [0.717, 1.165) is 6.54 Å². The molecule has 2 rings (SSSR count). The van der Waals surface area contributed by atoms with Crippen LogP contribution in [0.3, 0.4) is 0 Å². The van der Waals surface area contributed by atoms with E-state index in [9.17, 15) is 13.2 Å². The Bertz CT molecular complexity index is 625. The van der Waals surface area contributed by atoms with Crippen molar-refractivity contribution < 1.29 is 13.2 Å². The van der Waals surface area contributed by atoms with Gasteiger partial charge in [0.05, 0.1) is 6.33 Å². The van der Waals surface area contributed by atoms with Crippen molar-refractivity contribution in [2.75, 3.05) is 26.2 Å². The van der Waals surface area contributed by atoms with Crippen LogP contribution in [0, 0.1) is 5.92 Å². The Balaban J connectivity index is 2.12. The summed E-state index contributed by atoms with van der Waals surface area (Å²) in [6, 6.07) is -0.513. The van der Waals surface area contributed by atoms with E-state index in [1.807, 2.05) is 0 Å². The van der Waals surface area contributed by atoms with Gasteiger partial charge in [-0.2, -0.15) is 4.31 Å². The van der Waals surface area contributed by atoms with Crippen LogP contribution in [0.4, 0.5) is 4.79 Å². The maximum atomic E-state index is 12.6. The predicted molar refractivity (Wildman–Crippen MR) is 81.6 cm³/mol. The van der Waals surface area contributed by atoms with Gasteiger partial charge < -0.3 is 15.2 Å².